The lowest BCUT2D eigenvalue weighted by Crippen LogP contribution is -2.27. The molecule has 0 aromatic carbocycles. The van der Waals surface area contributed by atoms with E-state index in [4.69, 9.17) is 24.3 Å². The van der Waals surface area contributed by atoms with Crippen molar-refractivity contribution in [1.29, 1.82) is 0 Å². The molecule has 0 saturated heterocycles. The molecule has 0 bridgehead atoms. The van der Waals surface area contributed by atoms with E-state index in [1.807, 2.05) is 6.08 Å². The van der Waals surface area contributed by atoms with Crippen LogP contribution < -0.4 is 5.73 Å². The molecule has 2 atom stereocenters. The highest BCUT2D eigenvalue weighted by Gasteiger charge is 2.25. The van der Waals surface area contributed by atoms with Crippen LogP contribution in [0.4, 0.5) is 0 Å². The summed E-state index contributed by atoms with van der Waals surface area (Å²) >= 11 is 0. The molecule has 9 heteroatoms. The van der Waals surface area contributed by atoms with Gasteiger partial charge in [-0.2, -0.15) is 0 Å². The molecule has 0 heterocycles. The van der Waals surface area contributed by atoms with E-state index in [0.717, 1.165) is 44.9 Å². The van der Waals surface area contributed by atoms with Crippen LogP contribution in [-0.4, -0.2) is 43.3 Å². The minimum absolute atomic E-state index is 0.0320. The van der Waals surface area contributed by atoms with Crippen LogP contribution in [0.2, 0.25) is 0 Å². The second-order valence-corrected chi connectivity index (χ2v) is 15.4. The smallest absolute Gasteiger partial charge is 0.472 e. The summed E-state index contributed by atoms with van der Waals surface area (Å²) in [6.45, 7) is 4.24. The van der Waals surface area contributed by atoms with Gasteiger partial charge >= 0.3 is 13.8 Å². The third-order valence-corrected chi connectivity index (χ3v) is 9.92. The zero-order valence-corrected chi connectivity index (χ0v) is 33.5. The van der Waals surface area contributed by atoms with Crippen LogP contribution >= 0.6 is 7.82 Å². The van der Waals surface area contributed by atoms with Crippen molar-refractivity contribution < 1.29 is 32.8 Å². The Balaban J connectivity index is 4.10. The van der Waals surface area contributed by atoms with Gasteiger partial charge in [0, 0.05) is 13.0 Å². The Morgan fingerprint density at radius 2 is 1.02 bits per heavy atom. The van der Waals surface area contributed by atoms with Gasteiger partial charge in [0.2, 0.25) is 0 Å². The molecular weight excluding hydrogens is 649 g/mol. The quantitative estimate of drug-likeness (QED) is 0.0210. The third-order valence-electron chi connectivity index (χ3n) is 8.94. The maximum absolute atomic E-state index is 12.5. The molecule has 0 aromatic heterocycles. The van der Waals surface area contributed by atoms with E-state index in [0.29, 0.717) is 6.42 Å². The maximum Gasteiger partial charge on any atom is 0.472 e. The maximum atomic E-state index is 12.5. The largest absolute Gasteiger partial charge is 0.498 e. The van der Waals surface area contributed by atoms with E-state index >= 15 is 0 Å². The topological polar surface area (TPSA) is 117 Å². The molecule has 0 fully saturated rings. The van der Waals surface area contributed by atoms with E-state index < -0.39 is 13.9 Å². The van der Waals surface area contributed by atoms with Gasteiger partial charge in [-0.1, -0.05) is 161 Å². The van der Waals surface area contributed by atoms with Gasteiger partial charge in [-0.25, -0.2) is 4.57 Å². The van der Waals surface area contributed by atoms with Gasteiger partial charge in [0.05, 0.1) is 19.5 Å². The van der Waals surface area contributed by atoms with Crippen LogP contribution in [0, 0.1) is 0 Å². The van der Waals surface area contributed by atoms with Crippen molar-refractivity contribution >= 4 is 13.8 Å². The zero-order chi connectivity index (χ0) is 36.6. The summed E-state index contributed by atoms with van der Waals surface area (Å²) in [6.07, 6.45) is 42.8. The van der Waals surface area contributed by atoms with E-state index in [1.165, 1.54) is 135 Å². The van der Waals surface area contributed by atoms with Crippen LogP contribution in [-0.2, 0) is 27.9 Å². The summed E-state index contributed by atoms with van der Waals surface area (Å²) < 4.78 is 33.1. The summed E-state index contributed by atoms with van der Waals surface area (Å²) in [5.41, 5.74) is 5.36. The number of hydrogen-bond donors (Lipinski definition) is 2. The Labute approximate surface area is 308 Å². The Hall–Kier alpha value is -1.18. The van der Waals surface area contributed by atoms with Crippen molar-refractivity contribution in [2.24, 2.45) is 5.73 Å². The molecule has 296 valence electrons. The minimum Gasteiger partial charge on any atom is -0.498 e. The number of nitrogens with two attached hydrogens (primary N) is 1. The summed E-state index contributed by atoms with van der Waals surface area (Å²) in [5, 5.41) is 0. The van der Waals surface area contributed by atoms with Crippen LogP contribution in [0.5, 0.6) is 0 Å². The van der Waals surface area contributed by atoms with Gasteiger partial charge in [-0.05, 0) is 51.0 Å². The molecule has 0 aromatic rings. The SMILES string of the molecule is CCCCCCCC/C=C/CCCCCCCC(=O)OC(CO/C=C/CCCCCCCCCCCCCCCC)COP(=O)(O)OCCN. The molecule has 0 aliphatic rings. The first kappa shape index (κ1) is 48.8. The molecule has 0 aliphatic carbocycles. The standard InChI is InChI=1S/C41H80NO7P/c1-3-5-7-9-11-13-15-17-19-21-23-25-27-29-31-33-36-46-38-40(39-48-50(44,45)47-37-35-42)49-41(43)34-32-30-28-26-24-22-20-18-16-14-12-10-8-6-4-2/h18,20,33,36,40H,3-17,19,21-32,34-35,37-39,42H2,1-2H3,(H,44,45)/b20-18+,36-33+. The Morgan fingerprint density at radius 1 is 0.600 bits per heavy atom. The third kappa shape index (κ3) is 38.1. The highest BCUT2D eigenvalue weighted by molar-refractivity contribution is 7.47. The van der Waals surface area contributed by atoms with Crippen molar-refractivity contribution in [2.45, 2.75) is 206 Å². The summed E-state index contributed by atoms with van der Waals surface area (Å²) in [5.74, 6) is -0.359. The number of hydrogen-bond acceptors (Lipinski definition) is 7. The molecule has 8 nitrogen and oxygen atoms in total. The molecule has 0 aliphatic heterocycles. The number of carbonyl (C=O) groups is 1. The lowest BCUT2D eigenvalue weighted by molar-refractivity contribution is -0.153. The van der Waals surface area contributed by atoms with Crippen molar-refractivity contribution in [1.82, 2.24) is 0 Å². The first-order valence-electron chi connectivity index (χ1n) is 20.9. The minimum atomic E-state index is -4.29. The van der Waals surface area contributed by atoms with Crippen LogP contribution in [0.1, 0.15) is 200 Å². The Morgan fingerprint density at radius 3 is 1.48 bits per heavy atom. The number of allylic oxidation sites excluding steroid dienone is 3. The predicted molar refractivity (Wildman–Crippen MR) is 210 cm³/mol. The number of ether oxygens (including phenoxy) is 2. The van der Waals surface area contributed by atoms with Gasteiger partial charge in [-0.3, -0.25) is 13.8 Å². The fraction of sp³-hybridized carbons (Fsp3) is 0.878. The molecule has 0 amide bonds. The van der Waals surface area contributed by atoms with Crippen molar-refractivity contribution in [3.63, 3.8) is 0 Å². The van der Waals surface area contributed by atoms with Crippen molar-refractivity contribution in [3.05, 3.63) is 24.5 Å². The fourth-order valence-corrected chi connectivity index (χ4v) is 6.60. The van der Waals surface area contributed by atoms with Crippen LogP contribution in [0.3, 0.4) is 0 Å². The second-order valence-electron chi connectivity index (χ2n) is 13.9. The Kier molecular flexibility index (Phi) is 38.1. The average Bonchev–Trinajstić information content (AvgIpc) is 3.10. The summed E-state index contributed by atoms with van der Waals surface area (Å²) in [7, 11) is -4.29. The lowest BCUT2D eigenvalue weighted by atomic mass is 10.0. The molecule has 2 unspecified atom stereocenters. The number of esters is 1. The average molecular weight is 730 g/mol. The molecule has 0 radical (unpaired) electrons. The van der Waals surface area contributed by atoms with E-state index in [9.17, 15) is 14.3 Å². The van der Waals surface area contributed by atoms with Gasteiger partial charge in [-0.15, -0.1) is 0 Å². The number of rotatable bonds is 40. The van der Waals surface area contributed by atoms with Gasteiger partial charge in [0.1, 0.15) is 6.61 Å². The monoisotopic (exact) mass is 730 g/mol. The molecule has 50 heavy (non-hydrogen) atoms. The van der Waals surface area contributed by atoms with Gasteiger partial charge in [0.15, 0.2) is 6.10 Å². The normalized spacial score (nSPS) is 13.7. The second kappa shape index (κ2) is 39.0. The molecule has 0 saturated carbocycles. The summed E-state index contributed by atoms with van der Waals surface area (Å²) in [4.78, 5) is 22.4. The number of unbranched alkanes of at least 4 members (excludes halogenated alkanes) is 25. The number of phosphoric ester groups is 1. The Bertz CT molecular complexity index is 823. The van der Waals surface area contributed by atoms with Crippen LogP contribution in [0.15, 0.2) is 24.5 Å². The fourth-order valence-electron chi connectivity index (χ4n) is 5.84. The van der Waals surface area contributed by atoms with E-state index in [2.05, 4.69) is 26.0 Å². The molecule has 3 N–H and O–H groups in total. The molecule has 0 rings (SSSR count). The van der Waals surface area contributed by atoms with E-state index in [-0.39, 0.29) is 32.3 Å². The predicted octanol–water partition coefficient (Wildman–Crippen LogP) is 12.4. The summed E-state index contributed by atoms with van der Waals surface area (Å²) in [6, 6.07) is 0. The van der Waals surface area contributed by atoms with Crippen LogP contribution in [0.25, 0.3) is 0 Å². The highest BCUT2D eigenvalue weighted by Crippen LogP contribution is 2.43. The van der Waals surface area contributed by atoms with E-state index in [1.54, 1.807) is 6.26 Å². The first-order chi connectivity index (χ1) is 24.4. The lowest BCUT2D eigenvalue weighted by Gasteiger charge is -2.19. The van der Waals surface area contributed by atoms with Gasteiger partial charge in [0.25, 0.3) is 0 Å². The van der Waals surface area contributed by atoms with Gasteiger partial charge < -0.3 is 20.1 Å². The number of carbonyl (C=O) groups excluding carboxylic acids is 1. The molecular formula is C41H80NO7P. The molecule has 0 spiro atoms. The van der Waals surface area contributed by atoms with Crippen molar-refractivity contribution in [3.8, 4) is 0 Å². The zero-order valence-electron chi connectivity index (χ0n) is 32.6. The first-order valence-corrected chi connectivity index (χ1v) is 22.4. The number of phosphoric acid groups is 1. The van der Waals surface area contributed by atoms with Crippen molar-refractivity contribution in [2.75, 3.05) is 26.4 Å². The highest BCUT2D eigenvalue weighted by atomic mass is 31.2.